The van der Waals surface area contributed by atoms with E-state index < -0.39 is 0 Å². The third kappa shape index (κ3) is 3.51. The highest BCUT2D eigenvalue weighted by molar-refractivity contribution is 5.81. The van der Waals surface area contributed by atoms with Crippen molar-refractivity contribution in [2.45, 2.75) is 19.4 Å². The van der Waals surface area contributed by atoms with Crippen molar-refractivity contribution in [3.05, 3.63) is 76.6 Å². The van der Waals surface area contributed by atoms with E-state index in [9.17, 15) is 9.59 Å². The molecule has 3 rings (SSSR count). The topological polar surface area (TPSA) is 64.0 Å². The molecule has 1 N–H and O–H groups in total. The molecule has 0 saturated carbocycles. The van der Waals surface area contributed by atoms with Crippen molar-refractivity contribution in [2.75, 3.05) is 6.54 Å². The third-order valence-electron chi connectivity index (χ3n) is 4.03. The van der Waals surface area contributed by atoms with Crippen LogP contribution in [0, 0.1) is 0 Å². The molecule has 0 fully saturated rings. The number of hydrogen-bond donors (Lipinski definition) is 1. The van der Waals surface area contributed by atoms with Crippen molar-refractivity contribution in [1.82, 2.24) is 15.1 Å². The Hall–Kier alpha value is -2.95. The number of nitrogens with one attached hydrogen (secondary N) is 1. The number of para-hydroxylation sites is 1. The van der Waals surface area contributed by atoms with Crippen LogP contribution in [0.15, 0.2) is 65.6 Å². The van der Waals surface area contributed by atoms with Crippen molar-refractivity contribution in [2.24, 2.45) is 0 Å². The van der Waals surface area contributed by atoms with Crippen molar-refractivity contribution in [3.63, 3.8) is 0 Å². The van der Waals surface area contributed by atoms with Gasteiger partial charge in [0.05, 0.1) is 11.7 Å². The van der Waals surface area contributed by atoms with E-state index in [1.54, 1.807) is 22.9 Å². The molecule has 3 aromatic rings. The Kier molecular flexibility index (Phi) is 4.70. The molecule has 0 bridgehead atoms. The van der Waals surface area contributed by atoms with Gasteiger partial charge in [0.25, 0.3) is 0 Å². The fourth-order valence-corrected chi connectivity index (χ4v) is 2.65. The first-order valence-corrected chi connectivity index (χ1v) is 7.91. The molecule has 5 heteroatoms. The Morgan fingerprint density at radius 2 is 1.83 bits per heavy atom. The molecule has 2 aromatic carbocycles. The second-order valence-corrected chi connectivity index (χ2v) is 5.80. The second-order valence-electron chi connectivity index (χ2n) is 5.80. The summed E-state index contributed by atoms with van der Waals surface area (Å²) in [5, 5.41) is 7.57. The largest absolute Gasteiger partial charge is 0.354 e. The lowest BCUT2D eigenvalue weighted by molar-refractivity contribution is -0.121. The van der Waals surface area contributed by atoms with Gasteiger partial charge < -0.3 is 5.32 Å². The van der Waals surface area contributed by atoms with Crippen LogP contribution in [0.1, 0.15) is 18.4 Å². The predicted octanol–water partition coefficient (Wildman–Crippen LogP) is 2.32. The molecule has 1 atom stereocenters. The summed E-state index contributed by atoms with van der Waals surface area (Å²) in [7, 11) is 0. The Balaban J connectivity index is 1.68. The summed E-state index contributed by atoms with van der Waals surface area (Å²) in [4.78, 5) is 24.0. The Bertz CT molecular complexity index is 903. The number of fused-ring (bicyclic) bond motifs is 1. The summed E-state index contributed by atoms with van der Waals surface area (Å²) in [6.07, 6.45) is 1.25. The summed E-state index contributed by atoms with van der Waals surface area (Å²) in [6, 6.07) is 17.2. The molecule has 24 heavy (non-hydrogen) atoms. The maximum Gasteiger partial charge on any atom is 0.241 e. The minimum Gasteiger partial charge on any atom is -0.354 e. The van der Waals surface area contributed by atoms with Gasteiger partial charge in [0.15, 0.2) is 0 Å². The lowest BCUT2D eigenvalue weighted by Crippen LogP contribution is -2.31. The highest BCUT2D eigenvalue weighted by Crippen LogP contribution is 2.13. The van der Waals surface area contributed by atoms with Gasteiger partial charge in [0.2, 0.25) is 11.3 Å². The van der Waals surface area contributed by atoms with Crippen LogP contribution < -0.4 is 10.7 Å². The Labute approximate surface area is 139 Å². The lowest BCUT2D eigenvalue weighted by atomic mass is 10.0. The molecule has 0 aliphatic carbocycles. The standard InChI is InChI=1S/C19H19N3O2/c1-14(15-7-3-2-4-8-15)11-20-19(24)13-22-17-10-6-5-9-16(17)18(23)12-21-22/h2-10,12,14H,11,13H2,1H3,(H,20,24)/t14-/m0/s1. The number of aromatic nitrogens is 2. The van der Waals surface area contributed by atoms with Gasteiger partial charge in [-0.1, -0.05) is 49.4 Å². The molecule has 1 heterocycles. The zero-order valence-corrected chi connectivity index (χ0v) is 13.5. The van der Waals surface area contributed by atoms with Gasteiger partial charge in [-0.3, -0.25) is 14.3 Å². The van der Waals surface area contributed by atoms with E-state index in [1.807, 2.05) is 36.4 Å². The van der Waals surface area contributed by atoms with E-state index in [-0.39, 0.29) is 23.8 Å². The molecular weight excluding hydrogens is 302 g/mol. The first-order valence-electron chi connectivity index (χ1n) is 7.91. The van der Waals surface area contributed by atoms with Crippen molar-refractivity contribution in [3.8, 4) is 0 Å². The van der Waals surface area contributed by atoms with E-state index in [4.69, 9.17) is 0 Å². The number of amides is 1. The van der Waals surface area contributed by atoms with Gasteiger partial charge in [-0.2, -0.15) is 5.10 Å². The summed E-state index contributed by atoms with van der Waals surface area (Å²) in [6.45, 7) is 2.71. The SMILES string of the molecule is C[C@@H](CNC(=O)Cn1ncc(=O)c2ccccc21)c1ccccc1. The van der Waals surface area contributed by atoms with Crippen LogP contribution in [0.5, 0.6) is 0 Å². The first kappa shape index (κ1) is 15.9. The highest BCUT2D eigenvalue weighted by atomic mass is 16.2. The summed E-state index contributed by atoms with van der Waals surface area (Å²) in [5.41, 5.74) is 1.71. The Morgan fingerprint density at radius 3 is 2.62 bits per heavy atom. The molecular formula is C19H19N3O2. The van der Waals surface area contributed by atoms with Gasteiger partial charge >= 0.3 is 0 Å². The lowest BCUT2D eigenvalue weighted by Gasteiger charge is -2.14. The third-order valence-corrected chi connectivity index (χ3v) is 4.03. The molecule has 0 aliphatic heterocycles. The molecule has 0 aliphatic rings. The van der Waals surface area contributed by atoms with Crippen LogP contribution in [-0.4, -0.2) is 22.2 Å². The minimum absolute atomic E-state index is 0.0856. The maximum atomic E-state index is 12.2. The normalized spacial score (nSPS) is 12.0. The quantitative estimate of drug-likeness (QED) is 0.784. The van der Waals surface area contributed by atoms with Gasteiger partial charge in [-0.05, 0) is 23.6 Å². The molecule has 0 saturated heterocycles. The molecule has 1 aromatic heterocycles. The average molecular weight is 321 g/mol. The zero-order valence-electron chi connectivity index (χ0n) is 13.5. The van der Waals surface area contributed by atoms with Crippen LogP contribution >= 0.6 is 0 Å². The van der Waals surface area contributed by atoms with Gasteiger partial charge in [0.1, 0.15) is 6.54 Å². The van der Waals surface area contributed by atoms with E-state index in [0.29, 0.717) is 17.4 Å². The molecule has 1 amide bonds. The van der Waals surface area contributed by atoms with Crippen LogP contribution in [0.4, 0.5) is 0 Å². The fourth-order valence-electron chi connectivity index (χ4n) is 2.65. The maximum absolute atomic E-state index is 12.2. The molecule has 0 spiro atoms. The number of benzene rings is 2. The van der Waals surface area contributed by atoms with Crippen molar-refractivity contribution in [1.29, 1.82) is 0 Å². The monoisotopic (exact) mass is 321 g/mol. The van der Waals surface area contributed by atoms with Gasteiger partial charge in [-0.25, -0.2) is 0 Å². The number of nitrogens with zero attached hydrogens (tertiary/aromatic N) is 2. The fraction of sp³-hybridized carbons (Fsp3) is 0.211. The van der Waals surface area contributed by atoms with Gasteiger partial charge in [0, 0.05) is 11.9 Å². The van der Waals surface area contributed by atoms with Crippen LogP contribution in [0.25, 0.3) is 10.9 Å². The van der Waals surface area contributed by atoms with Crippen LogP contribution in [0.3, 0.4) is 0 Å². The molecule has 0 unspecified atom stereocenters. The predicted molar refractivity (Wildman–Crippen MR) is 93.9 cm³/mol. The zero-order chi connectivity index (χ0) is 16.9. The molecule has 122 valence electrons. The first-order chi connectivity index (χ1) is 11.6. The van der Waals surface area contributed by atoms with E-state index >= 15 is 0 Å². The molecule has 0 radical (unpaired) electrons. The molecule has 5 nitrogen and oxygen atoms in total. The number of hydrogen-bond acceptors (Lipinski definition) is 3. The Morgan fingerprint density at radius 1 is 1.12 bits per heavy atom. The van der Waals surface area contributed by atoms with Crippen LogP contribution in [-0.2, 0) is 11.3 Å². The summed E-state index contributed by atoms with van der Waals surface area (Å²) >= 11 is 0. The minimum atomic E-state index is -0.139. The van der Waals surface area contributed by atoms with Crippen molar-refractivity contribution < 1.29 is 4.79 Å². The summed E-state index contributed by atoms with van der Waals surface area (Å²) in [5.74, 6) is 0.105. The second kappa shape index (κ2) is 7.08. The van der Waals surface area contributed by atoms with E-state index in [0.717, 1.165) is 0 Å². The highest BCUT2D eigenvalue weighted by Gasteiger charge is 2.10. The van der Waals surface area contributed by atoms with E-state index in [2.05, 4.69) is 17.3 Å². The number of rotatable bonds is 5. The van der Waals surface area contributed by atoms with Crippen molar-refractivity contribution >= 4 is 16.8 Å². The van der Waals surface area contributed by atoms with Crippen LogP contribution in [0.2, 0.25) is 0 Å². The summed E-state index contributed by atoms with van der Waals surface area (Å²) < 4.78 is 1.55. The average Bonchev–Trinajstić information content (AvgIpc) is 2.63. The van der Waals surface area contributed by atoms with Gasteiger partial charge in [-0.15, -0.1) is 0 Å². The number of carbonyl (C=O) groups is 1. The van der Waals surface area contributed by atoms with E-state index in [1.165, 1.54) is 11.8 Å². The smallest absolute Gasteiger partial charge is 0.241 e. The number of carbonyl (C=O) groups excluding carboxylic acids is 1.